The van der Waals surface area contributed by atoms with Crippen molar-refractivity contribution in [2.75, 3.05) is 11.4 Å². The fraction of sp³-hybridized carbons (Fsp3) is 0.500. The summed E-state index contributed by atoms with van der Waals surface area (Å²) >= 11 is 1.57. The first-order chi connectivity index (χ1) is 9.75. The van der Waals surface area contributed by atoms with E-state index in [1.807, 2.05) is 16.3 Å². The lowest BCUT2D eigenvalue weighted by Gasteiger charge is -2.25. The molecule has 2 fully saturated rings. The summed E-state index contributed by atoms with van der Waals surface area (Å²) < 4.78 is 0. The summed E-state index contributed by atoms with van der Waals surface area (Å²) in [5.74, 6) is 0.843. The maximum atomic E-state index is 11.7. The Bertz CT molecular complexity index is 671. The van der Waals surface area contributed by atoms with Crippen LogP contribution in [0.25, 0.3) is 10.2 Å². The quantitative estimate of drug-likeness (QED) is 0.919. The van der Waals surface area contributed by atoms with Gasteiger partial charge in [0.1, 0.15) is 23.0 Å². The highest BCUT2D eigenvalue weighted by Gasteiger charge is 2.48. The lowest BCUT2D eigenvalue weighted by Crippen LogP contribution is -2.40. The molecule has 0 spiro atoms. The number of carbonyl (C=O) groups is 1. The van der Waals surface area contributed by atoms with Gasteiger partial charge in [0.15, 0.2) is 0 Å². The Hall–Kier alpha value is -1.69. The van der Waals surface area contributed by atoms with Crippen molar-refractivity contribution in [3.63, 3.8) is 0 Å². The van der Waals surface area contributed by atoms with E-state index < -0.39 is 12.0 Å². The SMILES string of the molecule is O=C(O)C1C2CCCC2CN1c1ncnc2sccc12. The number of aliphatic carboxylic acids is 1. The summed E-state index contributed by atoms with van der Waals surface area (Å²) in [4.78, 5) is 23.3. The smallest absolute Gasteiger partial charge is 0.326 e. The third kappa shape index (κ3) is 1.64. The molecule has 3 atom stereocenters. The Labute approximate surface area is 120 Å². The molecule has 0 bridgehead atoms. The normalized spacial score (nSPS) is 29.0. The van der Waals surface area contributed by atoms with Gasteiger partial charge < -0.3 is 10.0 Å². The van der Waals surface area contributed by atoms with Crippen LogP contribution in [-0.2, 0) is 4.79 Å². The highest BCUT2D eigenvalue weighted by molar-refractivity contribution is 7.16. The van der Waals surface area contributed by atoms with E-state index in [2.05, 4.69) is 9.97 Å². The minimum Gasteiger partial charge on any atom is -0.480 e. The molecule has 4 rings (SSSR count). The predicted molar refractivity (Wildman–Crippen MR) is 77.0 cm³/mol. The van der Waals surface area contributed by atoms with Gasteiger partial charge in [-0.25, -0.2) is 14.8 Å². The Kier molecular flexibility index (Phi) is 2.66. The van der Waals surface area contributed by atoms with Crippen LogP contribution in [-0.4, -0.2) is 33.6 Å². The molecular weight excluding hydrogens is 274 g/mol. The van der Waals surface area contributed by atoms with Gasteiger partial charge >= 0.3 is 5.97 Å². The fourth-order valence-electron chi connectivity index (χ4n) is 3.85. The van der Waals surface area contributed by atoms with Crippen molar-refractivity contribution in [1.29, 1.82) is 0 Å². The summed E-state index contributed by atoms with van der Waals surface area (Å²) in [6.07, 6.45) is 4.87. The minimum absolute atomic E-state index is 0.274. The largest absolute Gasteiger partial charge is 0.480 e. The van der Waals surface area contributed by atoms with Crippen LogP contribution in [0.2, 0.25) is 0 Å². The Balaban J connectivity index is 1.81. The van der Waals surface area contributed by atoms with E-state index in [1.54, 1.807) is 17.7 Å². The van der Waals surface area contributed by atoms with Crippen molar-refractivity contribution in [2.24, 2.45) is 11.8 Å². The lowest BCUT2D eigenvalue weighted by atomic mass is 9.94. The third-order valence-corrected chi connectivity index (χ3v) is 5.48. The molecule has 0 radical (unpaired) electrons. The van der Waals surface area contributed by atoms with Crippen LogP contribution in [0.5, 0.6) is 0 Å². The van der Waals surface area contributed by atoms with Gasteiger partial charge in [0.2, 0.25) is 0 Å². The summed E-state index contributed by atoms with van der Waals surface area (Å²) in [6, 6.07) is 1.56. The molecule has 1 aliphatic carbocycles. The lowest BCUT2D eigenvalue weighted by molar-refractivity contribution is -0.139. The molecular formula is C14H15N3O2S. The number of nitrogens with zero attached hydrogens (tertiary/aromatic N) is 3. The first-order valence-corrected chi connectivity index (χ1v) is 7.81. The van der Waals surface area contributed by atoms with E-state index in [9.17, 15) is 9.90 Å². The fourth-order valence-corrected chi connectivity index (χ4v) is 4.57. The van der Waals surface area contributed by atoms with E-state index in [0.717, 1.165) is 41.8 Å². The molecule has 6 heteroatoms. The van der Waals surface area contributed by atoms with Gasteiger partial charge in [-0.3, -0.25) is 0 Å². The second kappa shape index (κ2) is 4.41. The summed E-state index contributed by atoms with van der Waals surface area (Å²) in [6.45, 7) is 0.809. The first-order valence-electron chi connectivity index (χ1n) is 6.93. The summed E-state index contributed by atoms with van der Waals surface area (Å²) in [5.41, 5.74) is 0. The van der Waals surface area contributed by atoms with Crippen molar-refractivity contribution >= 4 is 33.3 Å². The monoisotopic (exact) mass is 289 g/mol. The van der Waals surface area contributed by atoms with Crippen LogP contribution < -0.4 is 4.90 Å². The minimum atomic E-state index is -0.721. The van der Waals surface area contributed by atoms with E-state index in [4.69, 9.17) is 0 Å². The molecule has 104 valence electrons. The van der Waals surface area contributed by atoms with Crippen molar-refractivity contribution in [3.8, 4) is 0 Å². The Morgan fingerprint density at radius 2 is 2.30 bits per heavy atom. The zero-order chi connectivity index (χ0) is 13.7. The molecule has 0 aromatic carbocycles. The molecule has 5 nitrogen and oxygen atoms in total. The van der Waals surface area contributed by atoms with Gasteiger partial charge in [0, 0.05) is 6.54 Å². The van der Waals surface area contributed by atoms with Crippen LogP contribution in [0.4, 0.5) is 5.82 Å². The maximum Gasteiger partial charge on any atom is 0.326 e. The van der Waals surface area contributed by atoms with Gasteiger partial charge in [0.05, 0.1) is 5.39 Å². The Morgan fingerprint density at radius 1 is 1.40 bits per heavy atom. The number of hydrogen-bond acceptors (Lipinski definition) is 5. The third-order valence-electron chi connectivity index (χ3n) is 4.66. The molecule has 0 amide bonds. The zero-order valence-corrected chi connectivity index (χ0v) is 11.7. The van der Waals surface area contributed by atoms with Gasteiger partial charge in [-0.05, 0) is 36.1 Å². The summed E-state index contributed by atoms with van der Waals surface area (Å²) in [5, 5.41) is 12.6. The van der Waals surface area contributed by atoms with E-state index in [1.165, 1.54) is 0 Å². The number of anilines is 1. The average molecular weight is 289 g/mol. The van der Waals surface area contributed by atoms with Crippen molar-refractivity contribution in [1.82, 2.24) is 9.97 Å². The second-order valence-electron chi connectivity index (χ2n) is 5.63. The number of fused-ring (bicyclic) bond motifs is 2. The number of hydrogen-bond donors (Lipinski definition) is 1. The van der Waals surface area contributed by atoms with Crippen molar-refractivity contribution in [3.05, 3.63) is 17.8 Å². The molecule has 1 saturated carbocycles. The Morgan fingerprint density at radius 3 is 3.15 bits per heavy atom. The van der Waals surface area contributed by atoms with Gasteiger partial charge in [0.25, 0.3) is 0 Å². The van der Waals surface area contributed by atoms with Crippen LogP contribution in [0.15, 0.2) is 17.8 Å². The highest BCUT2D eigenvalue weighted by Crippen LogP contribution is 2.44. The van der Waals surface area contributed by atoms with Crippen LogP contribution in [0.3, 0.4) is 0 Å². The van der Waals surface area contributed by atoms with E-state index in [-0.39, 0.29) is 5.92 Å². The molecule has 1 saturated heterocycles. The number of rotatable bonds is 2. The van der Waals surface area contributed by atoms with E-state index in [0.29, 0.717) is 5.92 Å². The predicted octanol–water partition coefficient (Wildman–Crippen LogP) is 2.38. The molecule has 3 unspecified atom stereocenters. The van der Waals surface area contributed by atoms with Gasteiger partial charge in [-0.15, -0.1) is 11.3 Å². The molecule has 1 N–H and O–H groups in total. The first kappa shape index (κ1) is 12.1. The number of carboxylic acid groups (broad SMARTS) is 1. The van der Waals surface area contributed by atoms with Gasteiger partial charge in [-0.2, -0.15) is 0 Å². The van der Waals surface area contributed by atoms with E-state index >= 15 is 0 Å². The highest BCUT2D eigenvalue weighted by atomic mass is 32.1. The molecule has 1 aliphatic heterocycles. The molecule has 3 heterocycles. The second-order valence-corrected chi connectivity index (χ2v) is 6.52. The van der Waals surface area contributed by atoms with Gasteiger partial charge in [-0.1, -0.05) is 6.42 Å². The molecule has 20 heavy (non-hydrogen) atoms. The number of thiophene rings is 1. The van der Waals surface area contributed by atoms with Crippen LogP contribution >= 0.6 is 11.3 Å². The molecule has 2 aromatic rings. The topological polar surface area (TPSA) is 66.3 Å². The molecule has 2 aliphatic rings. The van der Waals surface area contributed by atoms with Crippen molar-refractivity contribution in [2.45, 2.75) is 25.3 Å². The standard InChI is InChI=1S/C14H15N3O2S/c18-14(19)11-9-3-1-2-8(9)6-17(11)12-10-4-5-20-13(10)16-7-15-12/h4-5,7-9,11H,1-3,6H2,(H,18,19). The molecule has 2 aromatic heterocycles. The number of aromatic nitrogens is 2. The maximum absolute atomic E-state index is 11.7. The zero-order valence-electron chi connectivity index (χ0n) is 10.9. The van der Waals surface area contributed by atoms with Crippen LogP contribution in [0, 0.1) is 11.8 Å². The van der Waals surface area contributed by atoms with Crippen molar-refractivity contribution < 1.29 is 9.90 Å². The number of carboxylic acids is 1. The van der Waals surface area contributed by atoms with Crippen LogP contribution in [0.1, 0.15) is 19.3 Å². The summed E-state index contributed by atoms with van der Waals surface area (Å²) in [7, 11) is 0. The average Bonchev–Trinajstić information content (AvgIpc) is 3.11.